The van der Waals surface area contributed by atoms with Gasteiger partial charge >= 0.3 is 0 Å². The van der Waals surface area contributed by atoms with Crippen molar-refractivity contribution in [2.75, 3.05) is 13.1 Å². The maximum atomic E-state index is 11.6. The van der Waals surface area contributed by atoms with E-state index in [2.05, 4.69) is 12.2 Å². The summed E-state index contributed by atoms with van der Waals surface area (Å²) in [6.07, 6.45) is -0.0185. The lowest BCUT2D eigenvalue weighted by Crippen LogP contribution is -2.41. The first-order valence-corrected chi connectivity index (χ1v) is 5.08. The van der Waals surface area contributed by atoms with Crippen LogP contribution in [-0.2, 0) is 9.59 Å². The van der Waals surface area contributed by atoms with Gasteiger partial charge in [0.25, 0.3) is 0 Å². The van der Waals surface area contributed by atoms with E-state index in [9.17, 15) is 9.59 Å². The second-order valence-corrected chi connectivity index (χ2v) is 4.30. The average Bonchev–Trinajstić information content (AvgIpc) is 1.99. The van der Waals surface area contributed by atoms with Crippen LogP contribution in [0.25, 0.3) is 0 Å². The van der Waals surface area contributed by atoms with E-state index in [1.54, 1.807) is 0 Å². The predicted octanol–water partition coefficient (Wildman–Crippen LogP) is -0.367. The molecule has 0 saturated carbocycles. The van der Waals surface area contributed by atoms with E-state index >= 15 is 0 Å². The van der Waals surface area contributed by atoms with Crippen LogP contribution in [0, 0.1) is 5.92 Å². The van der Waals surface area contributed by atoms with E-state index in [4.69, 9.17) is 11.5 Å². The highest BCUT2D eigenvalue weighted by Gasteiger charge is 2.17. The molecule has 15 heavy (non-hydrogen) atoms. The van der Waals surface area contributed by atoms with Crippen LogP contribution in [-0.4, -0.2) is 34.8 Å². The summed E-state index contributed by atoms with van der Waals surface area (Å²) in [4.78, 5) is 23.8. The zero-order valence-corrected chi connectivity index (χ0v) is 9.84. The third-order valence-electron chi connectivity index (χ3n) is 1.61. The molecule has 0 fully saturated rings. The van der Waals surface area contributed by atoms with E-state index in [1.165, 1.54) is 4.90 Å². The molecule has 0 aromatic heterocycles. The second-order valence-electron chi connectivity index (χ2n) is 3.78. The van der Waals surface area contributed by atoms with E-state index in [0.717, 1.165) is 0 Å². The Labute approximate surface area is 94.8 Å². The SMILES string of the molecule is CC(C)CN(CC(N)=O)C(=O)CC(N)=S. The maximum Gasteiger partial charge on any atom is 0.237 e. The van der Waals surface area contributed by atoms with Crippen molar-refractivity contribution in [1.82, 2.24) is 4.90 Å². The zero-order chi connectivity index (χ0) is 12.0. The van der Waals surface area contributed by atoms with E-state index in [0.29, 0.717) is 6.54 Å². The van der Waals surface area contributed by atoms with Crippen LogP contribution in [0.3, 0.4) is 0 Å². The number of hydrogen-bond acceptors (Lipinski definition) is 3. The summed E-state index contributed by atoms with van der Waals surface area (Å²) in [7, 11) is 0. The second kappa shape index (κ2) is 6.34. The first kappa shape index (κ1) is 13.8. The number of hydrogen-bond donors (Lipinski definition) is 2. The Balaban J connectivity index is 4.39. The van der Waals surface area contributed by atoms with Crippen LogP contribution in [0.1, 0.15) is 20.3 Å². The van der Waals surface area contributed by atoms with Crippen LogP contribution in [0.5, 0.6) is 0 Å². The third-order valence-corrected chi connectivity index (χ3v) is 1.75. The fourth-order valence-electron chi connectivity index (χ4n) is 1.14. The number of rotatable bonds is 6. The molecule has 0 aromatic carbocycles. The number of carbonyl (C=O) groups excluding carboxylic acids is 2. The molecular formula is C9H17N3O2S. The zero-order valence-electron chi connectivity index (χ0n) is 9.03. The van der Waals surface area contributed by atoms with Gasteiger partial charge in [0.2, 0.25) is 11.8 Å². The number of nitrogens with two attached hydrogens (primary N) is 2. The first-order valence-electron chi connectivity index (χ1n) is 4.67. The van der Waals surface area contributed by atoms with E-state index in [1.807, 2.05) is 13.8 Å². The highest BCUT2D eigenvalue weighted by atomic mass is 32.1. The quantitative estimate of drug-likeness (QED) is 0.610. The van der Waals surface area contributed by atoms with Crippen molar-refractivity contribution in [3.8, 4) is 0 Å². The van der Waals surface area contributed by atoms with Gasteiger partial charge in [-0.05, 0) is 5.92 Å². The Kier molecular flexibility index (Phi) is 5.84. The Morgan fingerprint density at radius 3 is 2.20 bits per heavy atom. The van der Waals surface area contributed by atoms with Gasteiger partial charge in [0.1, 0.15) is 0 Å². The van der Waals surface area contributed by atoms with Crippen LogP contribution >= 0.6 is 12.2 Å². The molecule has 0 unspecified atom stereocenters. The van der Waals surface area contributed by atoms with Gasteiger partial charge in [-0.15, -0.1) is 0 Å². The summed E-state index contributed by atoms with van der Waals surface area (Å²) in [5, 5.41) is 0. The number of amides is 2. The molecular weight excluding hydrogens is 214 g/mol. The highest BCUT2D eigenvalue weighted by Crippen LogP contribution is 2.01. The molecule has 0 aromatic rings. The van der Waals surface area contributed by atoms with Gasteiger partial charge in [-0.1, -0.05) is 26.1 Å². The largest absolute Gasteiger partial charge is 0.393 e. The molecule has 0 atom stereocenters. The number of carbonyl (C=O) groups is 2. The molecule has 6 heteroatoms. The van der Waals surface area contributed by atoms with Gasteiger partial charge in [0.05, 0.1) is 18.0 Å². The molecule has 0 spiro atoms. The fourth-order valence-corrected chi connectivity index (χ4v) is 1.27. The summed E-state index contributed by atoms with van der Waals surface area (Å²) >= 11 is 4.63. The molecule has 0 bridgehead atoms. The number of nitrogens with zero attached hydrogens (tertiary/aromatic N) is 1. The number of thiocarbonyl (C=S) groups is 1. The predicted molar refractivity (Wildman–Crippen MR) is 62.0 cm³/mol. The summed E-state index contributed by atoms with van der Waals surface area (Å²) in [6, 6.07) is 0. The van der Waals surface area contributed by atoms with Gasteiger partial charge in [-0.3, -0.25) is 9.59 Å². The van der Waals surface area contributed by atoms with Crippen LogP contribution < -0.4 is 11.5 Å². The normalized spacial score (nSPS) is 10.1. The van der Waals surface area contributed by atoms with Crippen LogP contribution in [0.4, 0.5) is 0 Å². The minimum absolute atomic E-state index is 0.0185. The molecule has 0 rings (SSSR count). The summed E-state index contributed by atoms with van der Waals surface area (Å²) in [5.41, 5.74) is 10.3. The highest BCUT2D eigenvalue weighted by molar-refractivity contribution is 7.80. The minimum Gasteiger partial charge on any atom is -0.393 e. The lowest BCUT2D eigenvalue weighted by molar-refractivity contribution is -0.134. The molecule has 0 aliphatic carbocycles. The topological polar surface area (TPSA) is 89.4 Å². The lowest BCUT2D eigenvalue weighted by Gasteiger charge is -2.22. The van der Waals surface area contributed by atoms with Crippen molar-refractivity contribution < 1.29 is 9.59 Å². The van der Waals surface area contributed by atoms with Crippen LogP contribution in [0.15, 0.2) is 0 Å². The Hall–Kier alpha value is -1.17. The monoisotopic (exact) mass is 231 g/mol. The van der Waals surface area contributed by atoms with Crippen molar-refractivity contribution in [3.63, 3.8) is 0 Å². The molecule has 86 valence electrons. The first-order chi connectivity index (χ1) is 6.82. The molecule has 5 nitrogen and oxygen atoms in total. The molecule has 0 radical (unpaired) electrons. The van der Waals surface area contributed by atoms with Crippen molar-refractivity contribution in [2.24, 2.45) is 17.4 Å². The van der Waals surface area contributed by atoms with Crippen molar-refractivity contribution in [1.29, 1.82) is 0 Å². The molecule has 0 aliphatic rings. The molecule has 2 amide bonds. The molecule has 0 saturated heterocycles. The van der Waals surface area contributed by atoms with Gasteiger partial charge in [0, 0.05) is 6.54 Å². The summed E-state index contributed by atoms with van der Waals surface area (Å²) in [5.74, 6) is -0.526. The van der Waals surface area contributed by atoms with E-state index in [-0.39, 0.29) is 29.8 Å². The Morgan fingerprint density at radius 1 is 1.33 bits per heavy atom. The molecule has 0 heterocycles. The van der Waals surface area contributed by atoms with Crippen LogP contribution in [0.2, 0.25) is 0 Å². The smallest absolute Gasteiger partial charge is 0.237 e. The third kappa shape index (κ3) is 6.84. The fraction of sp³-hybridized carbons (Fsp3) is 0.667. The van der Waals surface area contributed by atoms with Gasteiger partial charge in [0.15, 0.2) is 0 Å². The van der Waals surface area contributed by atoms with Crippen molar-refractivity contribution in [2.45, 2.75) is 20.3 Å². The van der Waals surface area contributed by atoms with Gasteiger partial charge in [-0.25, -0.2) is 0 Å². The maximum absolute atomic E-state index is 11.6. The van der Waals surface area contributed by atoms with Gasteiger partial charge in [-0.2, -0.15) is 0 Å². The number of primary amides is 1. The minimum atomic E-state index is -0.535. The van der Waals surface area contributed by atoms with Crippen molar-refractivity contribution >= 4 is 29.0 Å². The van der Waals surface area contributed by atoms with Crippen molar-refractivity contribution in [3.05, 3.63) is 0 Å². The van der Waals surface area contributed by atoms with E-state index < -0.39 is 5.91 Å². The summed E-state index contributed by atoms with van der Waals surface area (Å²) in [6.45, 7) is 4.29. The standard InChI is InChI=1S/C9H17N3O2S/c1-6(2)4-12(5-7(10)13)9(14)3-8(11)15/h6H,3-5H2,1-2H3,(H2,10,13)(H2,11,15). The summed E-state index contributed by atoms with van der Waals surface area (Å²) < 4.78 is 0. The Bertz CT molecular complexity index is 266. The average molecular weight is 231 g/mol. The molecule has 4 N–H and O–H groups in total. The van der Waals surface area contributed by atoms with Gasteiger partial charge < -0.3 is 16.4 Å². The Morgan fingerprint density at radius 2 is 1.87 bits per heavy atom. The lowest BCUT2D eigenvalue weighted by atomic mass is 10.2. The molecule has 0 aliphatic heterocycles.